The van der Waals surface area contributed by atoms with Crippen molar-refractivity contribution in [1.29, 1.82) is 0 Å². The number of furan rings is 1. The summed E-state index contributed by atoms with van der Waals surface area (Å²) in [6.45, 7) is 10.2. The molecule has 2 heterocycles. The zero-order valence-electron chi connectivity index (χ0n) is 22.5. The number of methoxy groups -OCH3 is 1. The number of hydrogen-bond acceptors (Lipinski definition) is 6. The number of ether oxygens (including phenoxy) is 2. The molecular weight excluding hydrogens is 494 g/mol. The summed E-state index contributed by atoms with van der Waals surface area (Å²) in [5.41, 5.74) is 3.23. The molecule has 1 aliphatic heterocycles. The zero-order valence-corrected chi connectivity index (χ0v) is 23.3. The minimum Gasteiger partial charge on any atom is -0.499 e. The summed E-state index contributed by atoms with van der Waals surface area (Å²) in [7, 11) is 3.45. The Hall–Kier alpha value is -3.23. The number of hydrogen-bond donors (Lipinski definition) is 2. The Morgan fingerprint density at radius 2 is 2.03 bits per heavy atom. The number of amides is 2. The Bertz CT molecular complexity index is 1210. The smallest absolute Gasteiger partial charge is 0.291 e. The summed E-state index contributed by atoms with van der Waals surface area (Å²) in [5.74, 6) is 1.04. The van der Waals surface area contributed by atoms with Crippen LogP contribution in [0.4, 0.5) is 5.69 Å². The predicted octanol–water partition coefficient (Wildman–Crippen LogP) is 6.14. The number of nitrogens with one attached hydrogen (secondary N) is 2. The molecule has 0 saturated heterocycles. The molecule has 2 N–H and O–H groups in total. The number of benzene rings is 1. The van der Waals surface area contributed by atoms with Crippen molar-refractivity contribution in [3.8, 4) is 11.7 Å². The summed E-state index contributed by atoms with van der Waals surface area (Å²) in [4.78, 5) is 26.9. The maximum atomic E-state index is 13.1. The fraction of sp³-hybridized carbons (Fsp3) is 0.429. The molecule has 9 heteroatoms. The van der Waals surface area contributed by atoms with Crippen molar-refractivity contribution in [2.24, 2.45) is 0 Å². The maximum Gasteiger partial charge on any atom is 0.291 e. The van der Waals surface area contributed by atoms with Crippen molar-refractivity contribution < 1.29 is 23.5 Å². The number of fused-ring (bicyclic) bond motifs is 1. The maximum absolute atomic E-state index is 13.1. The van der Waals surface area contributed by atoms with Crippen LogP contribution in [-0.4, -0.2) is 38.6 Å². The lowest BCUT2D eigenvalue weighted by Gasteiger charge is -2.32. The van der Waals surface area contributed by atoms with Gasteiger partial charge in [-0.15, -0.1) is 0 Å². The van der Waals surface area contributed by atoms with Gasteiger partial charge in [-0.1, -0.05) is 31.5 Å². The van der Waals surface area contributed by atoms with Gasteiger partial charge in [-0.3, -0.25) is 9.59 Å². The standard InChI is InChI=1S/C28H36ClN3O5/c1-8-23(35-7)27(17(3)13-18(4)30-6)31-28(34)24-9-10-26(36-24)37-25-14-20-16(2)11-12-32(19(5)33)22(20)15-21(25)29/h9-10,13-16,18,30H,8,11-12H2,1-7H3,(H,31,34)/b17-13-,27-23-. The van der Waals surface area contributed by atoms with E-state index in [9.17, 15) is 9.59 Å². The van der Waals surface area contributed by atoms with E-state index in [0.29, 0.717) is 35.2 Å². The first-order valence-electron chi connectivity index (χ1n) is 12.4. The molecule has 1 aromatic heterocycles. The molecular formula is C28H36ClN3O5. The fourth-order valence-electron chi connectivity index (χ4n) is 4.32. The second kappa shape index (κ2) is 12.3. The van der Waals surface area contributed by atoms with Gasteiger partial charge in [0.05, 0.1) is 17.8 Å². The van der Waals surface area contributed by atoms with Gasteiger partial charge in [0.25, 0.3) is 11.9 Å². The third-order valence-corrected chi connectivity index (χ3v) is 6.81. The average molecular weight is 530 g/mol. The van der Waals surface area contributed by atoms with Crippen molar-refractivity contribution >= 4 is 29.1 Å². The van der Waals surface area contributed by atoms with Crippen LogP contribution in [0.1, 0.15) is 69.5 Å². The molecule has 2 atom stereocenters. The Morgan fingerprint density at radius 1 is 1.30 bits per heavy atom. The van der Waals surface area contributed by atoms with Crippen molar-refractivity contribution in [2.75, 3.05) is 25.6 Å². The van der Waals surface area contributed by atoms with Gasteiger partial charge in [-0.2, -0.15) is 0 Å². The van der Waals surface area contributed by atoms with Crippen LogP contribution in [0.5, 0.6) is 11.7 Å². The first-order chi connectivity index (χ1) is 17.6. The summed E-state index contributed by atoms with van der Waals surface area (Å²) in [6, 6.07) is 6.81. The molecule has 0 spiro atoms. The van der Waals surface area contributed by atoms with Gasteiger partial charge in [-0.25, -0.2) is 0 Å². The average Bonchev–Trinajstić information content (AvgIpc) is 3.33. The predicted molar refractivity (Wildman–Crippen MR) is 145 cm³/mol. The summed E-state index contributed by atoms with van der Waals surface area (Å²) in [5, 5.41) is 6.42. The number of nitrogens with zero attached hydrogens (tertiary/aromatic N) is 1. The summed E-state index contributed by atoms with van der Waals surface area (Å²) < 4.78 is 17.2. The third-order valence-electron chi connectivity index (χ3n) is 6.52. The van der Waals surface area contributed by atoms with Crippen LogP contribution in [0.25, 0.3) is 0 Å². The van der Waals surface area contributed by atoms with Crippen LogP contribution in [0, 0.1) is 0 Å². The number of carbonyl (C=O) groups excluding carboxylic acids is 2. The molecule has 0 aliphatic carbocycles. The lowest BCUT2D eigenvalue weighted by molar-refractivity contribution is -0.116. The van der Waals surface area contributed by atoms with E-state index >= 15 is 0 Å². The van der Waals surface area contributed by atoms with Gasteiger partial charge in [0, 0.05) is 37.7 Å². The number of carbonyl (C=O) groups is 2. The SMILES string of the molecule is CC/C(OC)=C(NC(=O)c1ccc(Oc2cc3c(cc2Cl)N(C(C)=O)CCC3C)o1)\C(C)=C/C(C)NC. The van der Waals surface area contributed by atoms with Crippen LogP contribution >= 0.6 is 11.6 Å². The second-order valence-electron chi connectivity index (χ2n) is 9.16. The molecule has 1 aromatic carbocycles. The van der Waals surface area contributed by atoms with Crippen LogP contribution in [0.3, 0.4) is 0 Å². The largest absolute Gasteiger partial charge is 0.499 e. The van der Waals surface area contributed by atoms with E-state index in [-0.39, 0.29) is 29.6 Å². The molecule has 37 heavy (non-hydrogen) atoms. The number of anilines is 1. The molecule has 200 valence electrons. The molecule has 3 rings (SSSR count). The van der Waals surface area contributed by atoms with Crippen LogP contribution in [-0.2, 0) is 9.53 Å². The first-order valence-corrected chi connectivity index (χ1v) is 12.8. The van der Waals surface area contributed by atoms with Gasteiger partial charge in [0.15, 0.2) is 5.76 Å². The summed E-state index contributed by atoms with van der Waals surface area (Å²) >= 11 is 6.51. The van der Waals surface area contributed by atoms with E-state index in [4.69, 9.17) is 25.5 Å². The monoisotopic (exact) mass is 529 g/mol. The second-order valence-corrected chi connectivity index (χ2v) is 9.57. The third kappa shape index (κ3) is 6.56. The molecule has 8 nitrogen and oxygen atoms in total. The summed E-state index contributed by atoms with van der Waals surface area (Å²) in [6.07, 6.45) is 3.46. The van der Waals surface area contributed by atoms with Gasteiger partial charge in [0.1, 0.15) is 11.5 Å². The van der Waals surface area contributed by atoms with Crippen LogP contribution < -0.4 is 20.3 Å². The molecule has 0 radical (unpaired) electrons. The fourth-order valence-corrected chi connectivity index (χ4v) is 4.52. The quantitative estimate of drug-likeness (QED) is 0.299. The van der Waals surface area contributed by atoms with E-state index in [1.165, 1.54) is 0 Å². The van der Waals surface area contributed by atoms with E-state index in [2.05, 4.69) is 17.6 Å². The number of allylic oxidation sites excluding steroid dienone is 2. The van der Waals surface area contributed by atoms with Gasteiger partial charge in [-0.05, 0) is 62.6 Å². The normalized spacial score (nSPS) is 17.0. The molecule has 2 amide bonds. The minimum absolute atomic E-state index is 0.0295. The first kappa shape index (κ1) is 28.3. The zero-order chi connectivity index (χ0) is 27.3. The number of rotatable bonds is 9. The lowest BCUT2D eigenvalue weighted by atomic mass is 9.91. The highest BCUT2D eigenvalue weighted by molar-refractivity contribution is 6.32. The topological polar surface area (TPSA) is 93.0 Å². The molecule has 0 fully saturated rings. The van der Waals surface area contributed by atoms with E-state index in [1.54, 1.807) is 37.1 Å². The highest BCUT2D eigenvalue weighted by Crippen LogP contribution is 2.42. The Labute approximate surface area is 223 Å². The van der Waals surface area contributed by atoms with Crippen LogP contribution in [0.2, 0.25) is 5.02 Å². The van der Waals surface area contributed by atoms with Crippen LogP contribution in [0.15, 0.2) is 51.8 Å². The minimum atomic E-state index is -0.431. The molecule has 0 bridgehead atoms. The molecule has 2 unspecified atom stereocenters. The van der Waals surface area contributed by atoms with Crippen molar-refractivity contribution in [3.05, 3.63) is 63.7 Å². The van der Waals surface area contributed by atoms with Gasteiger partial charge >= 0.3 is 0 Å². The van der Waals surface area contributed by atoms with E-state index < -0.39 is 5.91 Å². The number of likely N-dealkylation sites (N-methyl/N-ethyl adjacent to an activating group) is 1. The highest BCUT2D eigenvalue weighted by Gasteiger charge is 2.27. The Morgan fingerprint density at radius 3 is 2.65 bits per heavy atom. The lowest BCUT2D eigenvalue weighted by Crippen LogP contribution is -2.34. The van der Waals surface area contributed by atoms with E-state index in [1.807, 2.05) is 40.0 Å². The molecule has 0 saturated carbocycles. The van der Waals surface area contributed by atoms with Crippen molar-refractivity contribution in [3.63, 3.8) is 0 Å². The van der Waals surface area contributed by atoms with Crippen molar-refractivity contribution in [1.82, 2.24) is 10.6 Å². The number of halogens is 1. The Balaban J connectivity index is 1.84. The van der Waals surface area contributed by atoms with Crippen molar-refractivity contribution in [2.45, 2.75) is 59.4 Å². The van der Waals surface area contributed by atoms with Gasteiger partial charge in [0.2, 0.25) is 5.91 Å². The van der Waals surface area contributed by atoms with E-state index in [0.717, 1.165) is 23.2 Å². The Kier molecular flexibility index (Phi) is 9.45. The van der Waals surface area contributed by atoms with Gasteiger partial charge < -0.3 is 29.4 Å². The molecule has 1 aliphatic rings. The highest BCUT2D eigenvalue weighted by atomic mass is 35.5. The molecule has 2 aromatic rings.